The lowest BCUT2D eigenvalue weighted by Gasteiger charge is -2.16. The molecule has 9 nitrogen and oxygen atoms in total. The highest BCUT2D eigenvalue weighted by atomic mass is 35.5. The third-order valence-corrected chi connectivity index (χ3v) is 4.99. The van der Waals surface area contributed by atoms with Crippen molar-refractivity contribution >= 4 is 23.2 Å². The van der Waals surface area contributed by atoms with Crippen molar-refractivity contribution in [2.45, 2.75) is 26.5 Å². The zero-order valence-electron chi connectivity index (χ0n) is 17.9. The van der Waals surface area contributed by atoms with Gasteiger partial charge < -0.3 is 14.8 Å². The molecule has 0 bridgehead atoms. The maximum Gasteiger partial charge on any atom is 0.227 e. The van der Waals surface area contributed by atoms with Crippen molar-refractivity contribution in [1.29, 1.82) is 0 Å². The Balaban J connectivity index is 1.49. The summed E-state index contributed by atoms with van der Waals surface area (Å²) < 4.78 is 13.0. The first-order valence-electron chi connectivity index (χ1n) is 9.93. The van der Waals surface area contributed by atoms with Gasteiger partial charge in [-0.1, -0.05) is 23.7 Å². The van der Waals surface area contributed by atoms with E-state index in [0.717, 1.165) is 28.1 Å². The summed E-state index contributed by atoms with van der Waals surface area (Å²) in [6, 6.07) is 11.4. The molecule has 2 aromatic carbocycles. The lowest BCUT2D eigenvalue weighted by atomic mass is 10.1. The number of aryl methyl sites for hydroxylation is 1. The third-order valence-electron chi connectivity index (χ3n) is 4.68. The Morgan fingerprint density at radius 1 is 1.06 bits per heavy atom. The lowest BCUT2D eigenvalue weighted by molar-refractivity contribution is 0.193. The second-order valence-electron chi connectivity index (χ2n) is 7.23. The zero-order chi connectivity index (χ0) is 22.5. The molecule has 2 aromatic heterocycles. The van der Waals surface area contributed by atoms with Crippen molar-refractivity contribution in [2.75, 3.05) is 12.4 Å². The molecule has 4 aromatic rings. The quantitative estimate of drug-likeness (QED) is 0.423. The predicted octanol–water partition coefficient (Wildman–Crippen LogP) is 4.31. The first-order valence-corrected chi connectivity index (χ1v) is 10.3. The summed E-state index contributed by atoms with van der Waals surface area (Å²) in [5, 5.41) is 14.8. The smallest absolute Gasteiger partial charge is 0.227 e. The summed E-state index contributed by atoms with van der Waals surface area (Å²) in [4.78, 5) is 8.88. The number of hydrogen-bond donors (Lipinski definition) is 1. The Morgan fingerprint density at radius 3 is 2.59 bits per heavy atom. The van der Waals surface area contributed by atoms with Crippen LogP contribution in [0.5, 0.6) is 11.5 Å². The largest absolute Gasteiger partial charge is 0.495 e. The number of anilines is 2. The first kappa shape index (κ1) is 21.5. The van der Waals surface area contributed by atoms with Gasteiger partial charge in [-0.25, -0.2) is 14.6 Å². The molecule has 10 heteroatoms. The van der Waals surface area contributed by atoms with Crippen LogP contribution in [-0.4, -0.2) is 43.4 Å². The number of ether oxygens (including phenoxy) is 2. The number of hydrogen-bond acceptors (Lipinski definition) is 8. The molecule has 1 N–H and O–H groups in total. The monoisotopic (exact) mass is 451 g/mol. The Bertz CT molecular complexity index is 1180. The van der Waals surface area contributed by atoms with Crippen LogP contribution in [0.3, 0.4) is 0 Å². The van der Waals surface area contributed by atoms with Crippen LogP contribution >= 0.6 is 11.6 Å². The van der Waals surface area contributed by atoms with E-state index < -0.39 is 0 Å². The Labute approximate surface area is 190 Å². The van der Waals surface area contributed by atoms with Gasteiger partial charge in [-0.05, 0) is 59.7 Å². The minimum atomic E-state index is -0.182. The topological polar surface area (TPSA) is 99.9 Å². The van der Waals surface area contributed by atoms with Crippen LogP contribution in [0.25, 0.3) is 11.1 Å². The minimum Gasteiger partial charge on any atom is -0.495 e. The summed E-state index contributed by atoms with van der Waals surface area (Å²) in [6.45, 7) is 4.44. The molecule has 0 aliphatic heterocycles. The number of aromatic nitrogens is 6. The van der Waals surface area contributed by atoms with E-state index in [0.29, 0.717) is 23.3 Å². The van der Waals surface area contributed by atoms with Gasteiger partial charge in [0.1, 0.15) is 23.9 Å². The molecule has 0 saturated carbocycles. The van der Waals surface area contributed by atoms with Gasteiger partial charge in [-0.3, -0.25) is 0 Å². The van der Waals surface area contributed by atoms with Gasteiger partial charge in [0.05, 0.1) is 24.4 Å². The number of nitrogens with zero attached hydrogens (tertiary/aromatic N) is 6. The van der Waals surface area contributed by atoms with Crippen LogP contribution in [0.15, 0.2) is 55.1 Å². The number of benzene rings is 2. The molecule has 0 radical (unpaired) electrons. The molecule has 4 rings (SSSR count). The van der Waals surface area contributed by atoms with Gasteiger partial charge in [0.25, 0.3) is 0 Å². The van der Waals surface area contributed by atoms with Crippen molar-refractivity contribution in [3.8, 4) is 22.6 Å². The Kier molecular flexibility index (Phi) is 6.46. The van der Waals surface area contributed by atoms with Crippen LogP contribution in [0.1, 0.15) is 12.5 Å². The molecular weight excluding hydrogens is 430 g/mol. The van der Waals surface area contributed by atoms with Crippen LogP contribution in [0.2, 0.25) is 5.02 Å². The normalized spacial score (nSPS) is 11.8. The molecule has 0 spiro atoms. The predicted molar refractivity (Wildman–Crippen MR) is 121 cm³/mol. The van der Waals surface area contributed by atoms with Crippen molar-refractivity contribution in [3.05, 3.63) is 65.7 Å². The molecule has 2 heterocycles. The van der Waals surface area contributed by atoms with E-state index in [1.165, 1.54) is 6.33 Å². The highest BCUT2D eigenvalue weighted by molar-refractivity contribution is 6.32. The first-order chi connectivity index (χ1) is 15.5. The van der Waals surface area contributed by atoms with Gasteiger partial charge in [-0.2, -0.15) is 0 Å². The molecule has 0 aliphatic carbocycles. The molecule has 1 atom stereocenters. The summed E-state index contributed by atoms with van der Waals surface area (Å²) in [6.07, 6.45) is 4.85. The number of methoxy groups -OCH3 is 1. The van der Waals surface area contributed by atoms with Crippen LogP contribution in [0, 0.1) is 6.92 Å². The maximum atomic E-state index is 6.34. The van der Waals surface area contributed by atoms with Crippen molar-refractivity contribution in [3.63, 3.8) is 0 Å². The summed E-state index contributed by atoms with van der Waals surface area (Å²) in [5.41, 5.74) is 3.63. The zero-order valence-corrected chi connectivity index (χ0v) is 18.6. The van der Waals surface area contributed by atoms with E-state index in [-0.39, 0.29) is 6.10 Å². The van der Waals surface area contributed by atoms with Gasteiger partial charge in [0.2, 0.25) is 5.95 Å². The van der Waals surface area contributed by atoms with E-state index in [2.05, 4.69) is 30.8 Å². The molecule has 0 amide bonds. The second kappa shape index (κ2) is 9.61. The SMILES string of the molecule is COc1ccc(C)cc1Nc1ncc(-c2ccc(Cl)c(O[C@@H](C)Cn3cnnn3)c2)cn1. The number of tetrazole rings is 1. The lowest BCUT2D eigenvalue weighted by Crippen LogP contribution is -2.20. The molecule has 0 unspecified atom stereocenters. The molecule has 0 fully saturated rings. The molecular formula is C22H22ClN7O2. The second-order valence-corrected chi connectivity index (χ2v) is 7.64. The highest BCUT2D eigenvalue weighted by Gasteiger charge is 2.12. The van der Waals surface area contributed by atoms with Gasteiger partial charge in [-0.15, -0.1) is 5.10 Å². The van der Waals surface area contributed by atoms with Gasteiger partial charge in [0, 0.05) is 18.0 Å². The third kappa shape index (κ3) is 5.12. The number of halogens is 1. The van der Waals surface area contributed by atoms with Crippen LogP contribution < -0.4 is 14.8 Å². The molecule has 0 saturated heterocycles. The molecule has 164 valence electrons. The summed E-state index contributed by atoms with van der Waals surface area (Å²) in [5.74, 6) is 1.76. The van der Waals surface area contributed by atoms with E-state index in [1.807, 2.05) is 44.2 Å². The van der Waals surface area contributed by atoms with Crippen molar-refractivity contribution in [1.82, 2.24) is 30.2 Å². The standard InChI is InChI=1S/C22H22ClN7O2/c1-14-4-7-20(31-3)19(8-14)27-22-24-10-17(11-25-22)16-5-6-18(23)21(9-16)32-15(2)12-30-13-26-28-29-30/h4-11,13,15H,12H2,1-3H3,(H,24,25,27)/t15-/m0/s1. The maximum absolute atomic E-state index is 6.34. The minimum absolute atomic E-state index is 0.182. The summed E-state index contributed by atoms with van der Waals surface area (Å²) >= 11 is 6.34. The fourth-order valence-electron chi connectivity index (χ4n) is 3.14. The molecule has 0 aliphatic rings. The fourth-order valence-corrected chi connectivity index (χ4v) is 3.30. The highest BCUT2D eigenvalue weighted by Crippen LogP contribution is 2.32. The summed E-state index contributed by atoms with van der Waals surface area (Å²) in [7, 11) is 1.63. The number of nitrogens with one attached hydrogen (secondary N) is 1. The van der Waals surface area contributed by atoms with E-state index >= 15 is 0 Å². The van der Waals surface area contributed by atoms with Gasteiger partial charge in [0.15, 0.2) is 0 Å². The molecule has 32 heavy (non-hydrogen) atoms. The van der Waals surface area contributed by atoms with E-state index in [4.69, 9.17) is 21.1 Å². The van der Waals surface area contributed by atoms with Crippen molar-refractivity contribution in [2.24, 2.45) is 0 Å². The Morgan fingerprint density at radius 2 is 1.88 bits per heavy atom. The van der Waals surface area contributed by atoms with Crippen LogP contribution in [0.4, 0.5) is 11.6 Å². The van der Waals surface area contributed by atoms with Crippen molar-refractivity contribution < 1.29 is 9.47 Å². The van der Waals surface area contributed by atoms with E-state index in [1.54, 1.807) is 30.3 Å². The Hall–Kier alpha value is -3.72. The van der Waals surface area contributed by atoms with E-state index in [9.17, 15) is 0 Å². The van der Waals surface area contributed by atoms with Gasteiger partial charge >= 0.3 is 0 Å². The average Bonchev–Trinajstić information content (AvgIpc) is 3.29. The number of rotatable bonds is 8. The average molecular weight is 452 g/mol. The fraction of sp³-hybridized carbons (Fsp3) is 0.227. The van der Waals surface area contributed by atoms with Crippen LogP contribution in [-0.2, 0) is 6.54 Å².